The van der Waals surface area contributed by atoms with Crippen LogP contribution in [0.1, 0.15) is 6.92 Å². The number of carbonyl (C=O) groups excluding carboxylic acids is 2. The minimum atomic E-state index is -1.35. The van der Waals surface area contributed by atoms with Gasteiger partial charge in [-0.15, -0.1) is 0 Å². The first-order valence-corrected chi connectivity index (χ1v) is 4.49. The minimum Gasteiger partial charge on any atom is -0.395 e. The Morgan fingerprint density at radius 2 is 1.73 bits per heavy atom. The van der Waals surface area contributed by atoms with E-state index in [2.05, 4.69) is 4.74 Å². The molecule has 0 aliphatic carbocycles. The fraction of sp³-hybridized carbons (Fsp3) is 0.778. The van der Waals surface area contributed by atoms with E-state index in [0.717, 1.165) is 0 Å². The Morgan fingerprint density at radius 3 is 2.00 bits per heavy atom. The second kappa shape index (κ2) is 6.62. The highest BCUT2D eigenvalue weighted by molar-refractivity contribution is 6.06. The van der Waals surface area contributed by atoms with Crippen molar-refractivity contribution in [3.05, 3.63) is 0 Å². The highest BCUT2D eigenvalue weighted by Gasteiger charge is 2.33. The molecule has 0 aliphatic rings. The summed E-state index contributed by atoms with van der Waals surface area (Å²) in [6.45, 7) is -0.0691. The van der Waals surface area contributed by atoms with Gasteiger partial charge in [-0.1, -0.05) is 0 Å². The monoisotopic (exact) mass is 220 g/mol. The molecule has 0 aromatic heterocycles. The predicted octanol–water partition coefficient (Wildman–Crippen LogP) is -1.88. The Labute approximate surface area is 87.5 Å². The number of methoxy groups -OCH3 is 1. The lowest BCUT2D eigenvalue weighted by atomic mass is 9.93. The molecule has 15 heavy (non-hydrogen) atoms. The summed E-state index contributed by atoms with van der Waals surface area (Å²) in [7, 11) is 1.21. The van der Waals surface area contributed by atoms with Crippen LogP contribution in [0.4, 0.5) is 0 Å². The number of carbonyl (C=O) groups is 2. The summed E-state index contributed by atoms with van der Waals surface area (Å²) in [5, 5.41) is 26.6. The zero-order valence-electron chi connectivity index (χ0n) is 8.71. The second-order valence-corrected chi connectivity index (χ2v) is 3.12. The molecule has 0 saturated carbocycles. The Balaban J connectivity index is 4.67. The van der Waals surface area contributed by atoms with Crippen molar-refractivity contribution < 1.29 is 29.6 Å². The summed E-state index contributed by atoms with van der Waals surface area (Å²) >= 11 is 0. The third-order valence-electron chi connectivity index (χ3n) is 2.05. The molecule has 88 valence electrons. The summed E-state index contributed by atoms with van der Waals surface area (Å²) in [5.74, 6) is -2.85. The molecule has 0 aromatic rings. The number of hydrogen-bond acceptors (Lipinski definition) is 6. The summed E-state index contributed by atoms with van der Waals surface area (Å²) in [4.78, 5) is 22.8. The van der Waals surface area contributed by atoms with Gasteiger partial charge in [-0.3, -0.25) is 9.59 Å². The zero-order chi connectivity index (χ0) is 12.0. The van der Waals surface area contributed by atoms with E-state index in [1.165, 1.54) is 14.0 Å². The second-order valence-electron chi connectivity index (χ2n) is 3.12. The smallest absolute Gasteiger partial charge is 0.176 e. The summed E-state index contributed by atoms with van der Waals surface area (Å²) in [6, 6.07) is 0. The zero-order valence-corrected chi connectivity index (χ0v) is 8.71. The van der Waals surface area contributed by atoms with Gasteiger partial charge in [0.05, 0.1) is 13.2 Å². The Morgan fingerprint density at radius 1 is 1.20 bits per heavy atom. The normalized spacial score (nSPS) is 16.9. The molecular weight excluding hydrogens is 204 g/mol. The molecule has 0 fully saturated rings. The molecule has 3 unspecified atom stereocenters. The Bertz CT molecular complexity index is 221. The molecule has 0 rings (SSSR count). The SMILES string of the molecule is COC(CO)C(=O)C(CO)C(=O)C(C)O. The van der Waals surface area contributed by atoms with Crippen molar-refractivity contribution >= 4 is 11.6 Å². The van der Waals surface area contributed by atoms with Gasteiger partial charge in [0.25, 0.3) is 0 Å². The van der Waals surface area contributed by atoms with E-state index >= 15 is 0 Å². The summed E-state index contributed by atoms with van der Waals surface area (Å²) in [6.07, 6.45) is -2.48. The van der Waals surface area contributed by atoms with Gasteiger partial charge in [0.15, 0.2) is 11.6 Å². The highest BCUT2D eigenvalue weighted by Crippen LogP contribution is 2.08. The average Bonchev–Trinajstić information content (AvgIpc) is 2.20. The van der Waals surface area contributed by atoms with Gasteiger partial charge in [0, 0.05) is 7.11 Å². The molecule has 6 heteroatoms. The van der Waals surface area contributed by atoms with Gasteiger partial charge in [-0.05, 0) is 6.92 Å². The molecule has 0 amide bonds. The van der Waals surface area contributed by atoms with Gasteiger partial charge in [-0.25, -0.2) is 0 Å². The fourth-order valence-corrected chi connectivity index (χ4v) is 1.12. The molecule has 0 bridgehead atoms. The van der Waals surface area contributed by atoms with Gasteiger partial charge in [-0.2, -0.15) is 0 Å². The predicted molar refractivity (Wildman–Crippen MR) is 50.2 cm³/mol. The summed E-state index contributed by atoms with van der Waals surface area (Å²) in [5.41, 5.74) is 0. The van der Waals surface area contributed by atoms with Crippen molar-refractivity contribution in [2.45, 2.75) is 19.1 Å². The number of aliphatic hydroxyl groups excluding tert-OH is 3. The fourth-order valence-electron chi connectivity index (χ4n) is 1.12. The van der Waals surface area contributed by atoms with Crippen LogP contribution in [-0.4, -0.2) is 59.4 Å². The van der Waals surface area contributed by atoms with E-state index in [-0.39, 0.29) is 0 Å². The highest BCUT2D eigenvalue weighted by atomic mass is 16.5. The van der Waals surface area contributed by atoms with Crippen LogP contribution in [0.5, 0.6) is 0 Å². The first-order valence-electron chi connectivity index (χ1n) is 4.49. The molecule has 3 N–H and O–H groups in total. The van der Waals surface area contributed by atoms with Crippen LogP contribution >= 0.6 is 0 Å². The minimum absolute atomic E-state index is 0.571. The number of ketones is 2. The topological polar surface area (TPSA) is 104 Å². The van der Waals surface area contributed by atoms with Crippen LogP contribution in [0, 0.1) is 5.92 Å². The van der Waals surface area contributed by atoms with Gasteiger partial charge < -0.3 is 20.1 Å². The molecule has 3 atom stereocenters. The third kappa shape index (κ3) is 3.67. The molecule has 0 aromatic carbocycles. The number of Topliss-reactive ketones (excluding diaryl/α,β-unsaturated/α-hetero) is 2. The molecule has 0 heterocycles. The van der Waals surface area contributed by atoms with Gasteiger partial charge in [0.1, 0.15) is 18.1 Å². The standard InChI is InChI=1S/C9H16O6/c1-5(12)8(13)6(3-10)9(14)7(4-11)15-2/h5-7,10-12H,3-4H2,1-2H3. The lowest BCUT2D eigenvalue weighted by Gasteiger charge is -2.18. The van der Waals surface area contributed by atoms with Crippen LogP contribution in [0.25, 0.3) is 0 Å². The first-order chi connectivity index (χ1) is 6.99. The quantitative estimate of drug-likeness (QED) is 0.434. The summed E-state index contributed by atoms with van der Waals surface area (Å²) < 4.78 is 4.63. The van der Waals surface area contributed by atoms with Crippen molar-refractivity contribution in [3.63, 3.8) is 0 Å². The maximum Gasteiger partial charge on any atom is 0.176 e. The first kappa shape index (κ1) is 14.2. The van der Waals surface area contributed by atoms with Crippen LogP contribution in [0.3, 0.4) is 0 Å². The van der Waals surface area contributed by atoms with Crippen LogP contribution in [0.15, 0.2) is 0 Å². The molecular formula is C9H16O6. The molecule has 0 saturated heterocycles. The number of aliphatic hydroxyl groups is 3. The van der Waals surface area contributed by atoms with Crippen LogP contribution in [0.2, 0.25) is 0 Å². The lowest BCUT2D eigenvalue weighted by Crippen LogP contribution is -2.41. The van der Waals surface area contributed by atoms with Crippen molar-refractivity contribution in [2.24, 2.45) is 5.92 Å². The van der Waals surface area contributed by atoms with E-state index in [1.54, 1.807) is 0 Å². The maximum atomic E-state index is 11.5. The molecule has 0 spiro atoms. The third-order valence-corrected chi connectivity index (χ3v) is 2.05. The van der Waals surface area contributed by atoms with E-state index < -0.39 is 42.9 Å². The van der Waals surface area contributed by atoms with E-state index in [9.17, 15) is 9.59 Å². The van der Waals surface area contributed by atoms with Crippen molar-refractivity contribution in [2.75, 3.05) is 20.3 Å². The van der Waals surface area contributed by atoms with Crippen molar-refractivity contribution in [1.29, 1.82) is 0 Å². The molecule has 0 aliphatic heterocycles. The lowest BCUT2D eigenvalue weighted by molar-refractivity contribution is -0.145. The molecule has 0 radical (unpaired) electrons. The van der Waals surface area contributed by atoms with E-state index in [1.807, 2.05) is 0 Å². The molecule has 6 nitrogen and oxygen atoms in total. The van der Waals surface area contributed by atoms with E-state index in [4.69, 9.17) is 15.3 Å². The maximum absolute atomic E-state index is 11.5. The van der Waals surface area contributed by atoms with Crippen LogP contribution < -0.4 is 0 Å². The van der Waals surface area contributed by atoms with E-state index in [0.29, 0.717) is 0 Å². The largest absolute Gasteiger partial charge is 0.395 e. The number of hydrogen-bond donors (Lipinski definition) is 3. The average molecular weight is 220 g/mol. The number of ether oxygens (including phenoxy) is 1. The van der Waals surface area contributed by atoms with Crippen LogP contribution in [-0.2, 0) is 14.3 Å². The van der Waals surface area contributed by atoms with Crippen molar-refractivity contribution in [1.82, 2.24) is 0 Å². The Kier molecular flexibility index (Phi) is 6.26. The van der Waals surface area contributed by atoms with Gasteiger partial charge >= 0.3 is 0 Å². The van der Waals surface area contributed by atoms with Gasteiger partial charge in [0.2, 0.25) is 0 Å². The number of rotatable bonds is 7. The van der Waals surface area contributed by atoms with Crippen molar-refractivity contribution in [3.8, 4) is 0 Å². The Hall–Kier alpha value is -0.820.